The molecule has 0 saturated carbocycles. The van der Waals surface area contributed by atoms with Crippen LogP contribution in [0.4, 0.5) is 0 Å². The zero-order chi connectivity index (χ0) is 25.9. The summed E-state index contributed by atoms with van der Waals surface area (Å²) in [6, 6.07) is 16.2. The zero-order valence-corrected chi connectivity index (χ0v) is 22.6. The standard InChI is InChI=1S/C28H31ClN2O4S/c1-28(2,3)31(27(33)19-9-5-6-10-21(19)29)17-26(32)30-15-13-25-20(14-16-36-25)22(30)18-35-24-12-8-7-11-23(24)34-4/h5-12,14,16,22H,13,15,17-18H2,1-4H3. The molecule has 1 aliphatic heterocycles. The second-order valence-corrected chi connectivity index (χ2v) is 11.1. The molecule has 1 aromatic heterocycles. The first-order chi connectivity index (χ1) is 17.2. The Kier molecular flexibility index (Phi) is 7.91. The highest BCUT2D eigenvalue weighted by Gasteiger charge is 2.36. The van der Waals surface area contributed by atoms with E-state index in [1.54, 1.807) is 47.6 Å². The second kappa shape index (κ2) is 10.9. The number of hydrogen-bond acceptors (Lipinski definition) is 5. The van der Waals surface area contributed by atoms with E-state index in [1.165, 1.54) is 4.88 Å². The summed E-state index contributed by atoms with van der Waals surface area (Å²) in [7, 11) is 1.60. The lowest BCUT2D eigenvalue weighted by molar-refractivity contribution is -0.136. The van der Waals surface area contributed by atoms with Gasteiger partial charge in [0, 0.05) is 17.0 Å². The lowest BCUT2D eigenvalue weighted by Gasteiger charge is -2.40. The van der Waals surface area contributed by atoms with Crippen molar-refractivity contribution in [3.63, 3.8) is 0 Å². The number of nitrogens with zero attached hydrogens (tertiary/aromatic N) is 2. The molecule has 1 atom stereocenters. The maximum Gasteiger partial charge on any atom is 0.256 e. The molecule has 6 nitrogen and oxygen atoms in total. The minimum absolute atomic E-state index is 0.0574. The van der Waals surface area contributed by atoms with Crippen LogP contribution in [0.5, 0.6) is 11.5 Å². The summed E-state index contributed by atoms with van der Waals surface area (Å²) in [5.74, 6) is 0.869. The summed E-state index contributed by atoms with van der Waals surface area (Å²) in [5, 5.41) is 2.42. The highest BCUT2D eigenvalue weighted by Crippen LogP contribution is 2.35. The Hall–Kier alpha value is -3.03. The van der Waals surface area contributed by atoms with Crippen molar-refractivity contribution in [3.8, 4) is 11.5 Å². The molecule has 2 heterocycles. The topological polar surface area (TPSA) is 59.1 Å². The van der Waals surface area contributed by atoms with Crippen LogP contribution in [0.1, 0.15) is 47.6 Å². The van der Waals surface area contributed by atoms with Crippen LogP contribution in [0.3, 0.4) is 0 Å². The molecular weight excluding hydrogens is 496 g/mol. The van der Waals surface area contributed by atoms with Gasteiger partial charge < -0.3 is 19.3 Å². The molecule has 2 aromatic carbocycles. The van der Waals surface area contributed by atoms with Gasteiger partial charge in [-0.3, -0.25) is 9.59 Å². The Morgan fingerprint density at radius 3 is 2.47 bits per heavy atom. The Morgan fingerprint density at radius 1 is 1.08 bits per heavy atom. The summed E-state index contributed by atoms with van der Waals surface area (Å²) < 4.78 is 11.6. The lowest BCUT2D eigenvalue weighted by Crippen LogP contribution is -2.53. The van der Waals surface area contributed by atoms with Gasteiger partial charge in [0.2, 0.25) is 5.91 Å². The van der Waals surface area contributed by atoms with Crippen LogP contribution in [0.15, 0.2) is 60.0 Å². The zero-order valence-electron chi connectivity index (χ0n) is 21.0. The van der Waals surface area contributed by atoms with Crippen molar-refractivity contribution in [2.75, 3.05) is 26.8 Å². The number of methoxy groups -OCH3 is 1. The van der Waals surface area contributed by atoms with Crippen LogP contribution in [-0.2, 0) is 11.2 Å². The van der Waals surface area contributed by atoms with Crippen molar-refractivity contribution in [3.05, 3.63) is 81.0 Å². The number of rotatable bonds is 7. The molecule has 8 heteroatoms. The summed E-state index contributed by atoms with van der Waals surface area (Å²) >= 11 is 8.02. The van der Waals surface area contributed by atoms with E-state index in [-0.39, 0.29) is 31.0 Å². The third kappa shape index (κ3) is 5.52. The molecule has 0 radical (unpaired) electrons. The molecule has 0 saturated heterocycles. The second-order valence-electron chi connectivity index (χ2n) is 9.66. The molecule has 36 heavy (non-hydrogen) atoms. The Bertz CT molecular complexity index is 1240. The summed E-state index contributed by atoms with van der Waals surface area (Å²) in [5.41, 5.74) is 0.893. The van der Waals surface area contributed by atoms with E-state index in [2.05, 4.69) is 11.4 Å². The first kappa shape index (κ1) is 26.0. The maximum absolute atomic E-state index is 13.8. The molecule has 0 N–H and O–H groups in total. The van der Waals surface area contributed by atoms with E-state index in [4.69, 9.17) is 21.1 Å². The fraction of sp³-hybridized carbons (Fsp3) is 0.357. The van der Waals surface area contributed by atoms with Gasteiger partial charge in [-0.1, -0.05) is 35.9 Å². The minimum Gasteiger partial charge on any atom is -0.493 e. The number of fused-ring (bicyclic) bond motifs is 1. The molecular formula is C28H31ClN2O4S. The molecule has 190 valence electrons. The van der Waals surface area contributed by atoms with Gasteiger partial charge in [-0.15, -0.1) is 11.3 Å². The van der Waals surface area contributed by atoms with Gasteiger partial charge in [0.15, 0.2) is 11.5 Å². The third-order valence-corrected chi connectivity index (χ3v) is 7.66. The normalized spacial score (nSPS) is 15.2. The summed E-state index contributed by atoms with van der Waals surface area (Å²) in [6.45, 7) is 6.55. The highest BCUT2D eigenvalue weighted by molar-refractivity contribution is 7.10. The molecule has 2 amide bonds. The van der Waals surface area contributed by atoms with Crippen LogP contribution >= 0.6 is 22.9 Å². The van der Waals surface area contributed by atoms with E-state index in [1.807, 2.05) is 49.9 Å². The number of carbonyl (C=O) groups excluding carboxylic acids is 2. The quantitative estimate of drug-likeness (QED) is 0.387. The van der Waals surface area contributed by atoms with Gasteiger partial charge in [0.25, 0.3) is 5.91 Å². The predicted octanol–water partition coefficient (Wildman–Crippen LogP) is 5.86. The van der Waals surface area contributed by atoms with Crippen LogP contribution < -0.4 is 9.47 Å². The molecule has 0 aliphatic carbocycles. The molecule has 4 rings (SSSR count). The maximum atomic E-state index is 13.8. The Balaban J connectivity index is 1.58. The molecule has 0 spiro atoms. The number of hydrogen-bond donors (Lipinski definition) is 0. The monoisotopic (exact) mass is 526 g/mol. The van der Waals surface area contributed by atoms with Crippen molar-refractivity contribution >= 4 is 34.8 Å². The number of para-hydroxylation sites is 2. The van der Waals surface area contributed by atoms with E-state index < -0.39 is 5.54 Å². The average molecular weight is 527 g/mol. The van der Waals surface area contributed by atoms with Gasteiger partial charge >= 0.3 is 0 Å². The van der Waals surface area contributed by atoms with Crippen molar-refractivity contribution in [1.82, 2.24) is 9.80 Å². The highest BCUT2D eigenvalue weighted by atomic mass is 35.5. The number of amides is 2. The largest absolute Gasteiger partial charge is 0.493 e. The Labute approximate surface area is 221 Å². The molecule has 3 aromatic rings. The lowest BCUT2D eigenvalue weighted by atomic mass is 9.99. The fourth-order valence-corrected chi connectivity index (χ4v) is 5.55. The number of thiophene rings is 1. The summed E-state index contributed by atoms with van der Waals surface area (Å²) in [4.78, 5) is 31.9. The average Bonchev–Trinajstić information content (AvgIpc) is 3.34. The third-order valence-electron chi connectivity index (χ3n) is 6.33. The number of benzene rings is 2. The molecule has 0 fully saturated rings. The van der Waals surface area contributed by atoms with Crippen LogP contribution in [0.25, 0.3) is 0 Å². The van der Waals surface area contributed by atoms with E-state index in [0.29, 0.717) is 28.6 Å². The van der Waals surface area contributed by atoms with Crippen molar-refractivity contribution < 1.29 is 19.1 Å². The molecule has 1 unspecified atom stereocenters. The number of carbonyl (C=O) groups is 2. The molecule has 0 bridgehead atoms. The van der Waals surface area contributed by atoms with E-state index in [9.17, 15) is 9.59 Å². The van der Waals surface area contributed by atoms with Gasteiger partial charge in [-0.05, 0) is 68.5 Å². The van der Waals surface area contributed by atoms with Gasteiger partial charge in [-0.25, -0.2) is 0 Å². The van der Waals surface area contributed by atoms with Crippen LogP contribution in [-0.4, -0.2) is 54.0 Å². The molecule has 1 aliphatic rings. The first-order valence-corrected chi connectivity index (χ1v) is 13.1. The predicted molar refractivity (Wildman–Crippen MR) is 143 cm³/mol. The van der Waals surface area contributed by atoms with Gasteiger partial charge in [0.05, 0.1) is 23.7 Å². The number of ether oxygens (including phenoxy) is 2. The fourth-order valence-electron chi connectivity index (χ4n) is 4.40. The van der Waals surface area contributed by atoms with E-state index in [0.717, 1.165) is 12.0 Å². The summed E-state index contributed by atoms with van der Waals surface area (Å²) in [6.07, 6.45) is 0.776. The smallest absolute Gasteiger partial charge is 0.256 e. The van der Waals surface area contributed by atoms with E-state index >= 15 is 0 Å². The van der Waals surface area contributed by atoms with Crippen molar-refractivity contribution in [2.45, 2.75) is 38.8 Å². The minimum atomic E-state index is -0.585. The van der Waals surface area contributed by atoms with Gasteiger partial charge in [0.1, 0.15) is 13.2 Å². The van der Waals surface area contributed by atoms with Gasteiger partial charge in [-0.2, -0.15) is 0 Å². The number of halogens is 1. The SMILES string of the molecule is COc1ccccc1OCC1c2ccsc2CCN1C(=O)CN(C(=O)c1ccccc1Cl)C(C)(C)C. The Morgan fingerprint density at radius 2 is 1.78 bits per heavy atom. The van der Waals surface area contributed by atoms with Crippen molar-refractivity contribution in [2.24, 2.45) is 0 Å². The van der Waals surface area contributed by atoms with Crippen LogP contribution in [0.2, 0.25) is 5.02 Å². The van der Waals surface area contributed by atoms with Crippen LogP contribution in [0, 0.1) is 0 Å². The van der Waals surface area contributed by atoms with Crippen molar-refractivity contribution in [1.29, 1.82) is 0 Å². The first-order valence-electron chi connectivity index (χ1n) is 11.9.